The highest BCUT2D eigenvalue weighted by Gasteiger charge is 2.57. The second-order valence-corrected chi connectivity index (χ2v) is 9.91. The number of hydrogen-bond donors (Lipinski definition) is 0. The van der Waals surface area contributed by atoms with E-state index in [1.165, 1.54) is 36.8 Å². The molecular formula is C25H31NO. The van der Waals surface area contributed by atoms with Crippen LogP contribution >= 0.6 is 0 Å². The molecule has 1 aromatic rings. The summed E-state index contributed by atoms with van der Waals surface area (Å²) in [5.41, 5.74) is 6.04. The third kappa shape index (κ3) is 2.31. The normalized spacial score (nSPS) is 40.9. The summed E-state index contributed by atoms with van der Waals surface area (Å²) >= 11 is 0. The molecule has 5 rings (SSSR count). The van der Waals surface area contributed by atoms with Crippen molar-refractivity contribution in [2.45, 2.75) is 65.7 Å². The van der Waals surface area contributed by atoms with Crippen LogP contribution in [0.4, 0.5) is 0 Å². The van der Waals surface area contributed by atoms with Crippen LogP contribution in [0.3, 0.4) is 0 Å². The Hall–Kier alpha value is -1.70. The Morgan fingerprint density at radius 1 is 1.07 bits per heavy atom. The van der Waals surface area contributed by atoms with Gasteiger partial charge in [-0.3, -0.25) is 9.78 Å². The largest absolute Gasteiger partial charge is 0.295 e. The third-order valence-corrected chi connectivity index (χ3v) is 8.97. The van der Waals surface area contributed by atoms with Gasteiger partial charge in [0.1, 0.15) is 0 Å². The van der Waals surface area contributed by atoms with Gasteiger partial charge in [-0.25, -0.2) is 0 Å². The summed E-state index contributed by atoms with van der Waals surface area (Å²) in [6.07, 6.45) is 14.5. The number of Topliss-reactive ketones (excluding diaryl/α,β-unsaturated/α-hetero) is 1. The second-order valence-electron chi connectivity index (χ2n) is 9.91. The van der Waals surface area contributed by atoms with E-state index >= 15 is 0 Å². The zero-order chi connectivity index (χ0) is 18.8. The van der Waals surface area contributed by atoms with Gasteiger partial charge in [0.05, 0.1) is 0 Å². The predicted octanol–water partition coefficient (Wildman–Crippen LogP) is 6.00. The maximum absolute atomic E-state index is 12.3. The van der Waals surface area contributed by atoms with Gasteiger partial charge < -0.3 is 0 Å². The molecule has 4 aliphatic rings. The molecule has 0 N–H and O–H groups in total. The van der Waals surface area contributed by atoms with E-state index in [-0.39, 0.29) is 5.41 Å². The lowest BCUT2D eigenvalue weighted by atomic mass is 9.46. The molecule has 0 bridgehead atoms. The van der Waals surface area contributed by atoms with Gasteiger partial charge in [0.15, 0.2) is 5.78 Å². The van der Waals surface area contributed by atoms with E-state index in [4.69, 9.17) is 0 Å². The van der Waals surface area contributed by atoms with E-state index < -0.39 is 0 Å². The van der Waals surface area contributed by atoms with Gasteiger partial charge in [0.25, 0.3) is 0 Å². The maximum Gasteiger partial charge on any atom is 0.158 e. The van der Waals surface area contributed by atoms with Crippen LogP contribution in [-0.4, -0.2) is 10.8 Å². The molecule has 5 atom stereocenters. The number of pyridine rings is 1. The SMILES string of the molecule is CC1=C2CCC3C(CC[C@]4(C)C(c5cccnc5)=CCC34)[C@@]2(C)CCC1=O. The lowest BCUT2D eigenvalue weighted by Crippen LogP contribution is -2.50. The first-order valence-electron chi connectivity index (χ1n) is 10.8. The zero-order valence-electron chi connectivity index (χ0n) is 16.9. The Balaban J connectivity index is 1.49. The minimum absolute atomic E-state index is 0.263. The molecule has 2 fully saturated rings. The first kappa shape index (κ1) is 17.4. The number of allylic oxidation sites excluding steroid dienone is 4. The van der Waals surface area contributed by atoms with Gasteiger partial charge in [-0.05, 0) is 96.8 Å². The molecule has 1 aromatic heterocycles. The van der Waals surface area contributed by atoms with Crippen LogP contribution in [-0.2, 0) is 4.79 Å². The highest BCUT2D eigenvalue weighted by molar-refractivity contribution is 5.96. The molecule has 27 heavy (non-hydrogen) atoms. The van der Waals surface area contributed by atoms with Crippen LogP contribution in [0.15, 0.2) is 41.7 Å². The molecule has 142 valence electrons. The minimum atomic E-state index is 0.263. The lowest BCUT2D eigenvalue weighted by molar-refractivity contribution is -0.118. The van der Waals surface area contributed by atoms with Crippen molar-refractivity contribution < 1.29 is 4.79 Å². The van der Waals surface area contributed by atoms with Crippen LogP contribution < -0.4 is 0 Å². The van der Waals surface area contributed by atoms with Gasteiger partial charge in [-0.2, -0.15) is 0 Å². The van der Waals surface area contributed by atoms with Crippen LogP contribution in [0.1, 0.15) is 71.3 Å². The zero-order valence-corrected chi connectivity index (χ0v) is 16.9. The molecule has 4 aliphatic carbocycles. The van der Waals surface area contributed by atoms with Gasteiger partial charge in [-0.15, -0.1) is 0 Å². The Morgan fingerprint density at radius 3 is 2.70 bits per heavy atom. The quantitative estimate of drug-likeness (QED) is 0.614. The third-order valence-electron chi connectivity index (χ3n) is 8.97. The molecule has 0 aliphatic heterocycles. The highest BCUT2D eigenvalue weighted by atomic mass is 16.1. The average molecular weight is 362 g/mol. The molecular weight excluding hydrogens is 330 g/mol. The first-order chi connectivity index (χ1) is 12.9. The summed E-state index contributed by atoms with van der Waals surface area (Å²) in [6.45, 7) is 7.10. The molecule has 3 unspecified atom stereocenters. The van der Waals surface area contributed by atoms with Crippen molar-refractivity contribution in [1.29, 1.82) is 0 Å². The monoisotopic (exact) mass is 361 g/mol. The number of aromatic nitrogens is 1. The van der Waals surface area contributed by atoms with Crippen molar-refractivity contribution in [2.24, 2.45) is 28.6 Å². The Morgan fingerprint density at radius 2 is 1.93 bits per heavy atom. The van der Waals surface area contributed by atoms with Crippen molar-refractivity contribution in [1.82, 2.24) is 4.98 Å². The van der Waals surface area contributed by atoms with Crippen molar-refractivity contribution >= 4 is 11.4 Å². The second kappa shape index (κ2) is 5.90. The molecule has 0 aromatic carbocycles. The van der Waals surface area contributed by atoms with Crippen molar-refractivity contribution in [3.05, 3.63) is 47.3 Å². The van der Waals surface area contributed by atoms with E-state index in [1.807, 2.05) is 12.4 Å². The molecule has 0 saturated heterocycles. The van der Waals surface area contributed by atoms with E-state index in [9.17, 15) is 4.79 Å². The van der Waals surface area contributed by atoms with E-state index in [1.54, 1.807) is 5.57 Å². The molecule has 2 heteroatoms. The van der Waals surface area contributed by atoms with Crippen molar-refractivity contribution in [3.8, 4) is 0 Å². The summed E-state index contributed by atoms with van der Waals surface area (Å²) in [5.74, 6) is 2.71. The molecule has 1 heterocycles. The summed E-state index contributed by atoms with van der Waals surface area (Å²) in [6, 6.07) is 4.30. The summed E-state index contributed by atoms with van der Waals surface area (Å²) in [4.78, 5) is 16.7. The number of ketones is 1. The van der Waals surface area contributed by atoms with Gasteiger partial charge >= 0.3 is 0 Å². The fraction of sp³-hybridized carbons (Fsp3) is 0.600. The van der Waals surface area contributed by atoms with Crippen LogP contribution in [0.25, 0.3) is 5.57 Å². The van der Waals surface area contributed by atoms with Gasteiger partial charge in [0.2, 0.25) is 0 Å². The van der Waals surface area contributed by atoms with Crippen molar-refractivity contribution in [3.63, 3.8) is 0 Å². The molecule has 2 saturated carbocycles. The fourth-order valence-corrected chi connectivity index (χ4v) is 7.52. The number of hydrogen-bond acceptors (Lipinski definition) is 2. The topological polar surface area (TPSA) is 30.0 Å². The van der Waals surface area contributed by atoms with Crippen LogP contribution in [0.5, 0.6) is 0 Å². The number of rotatable bonds is 1. The number of nitrogens with zero attached hydrogens (tertiary/aromatic N) is 1. The molecule has 0 amide bonds. The summed E-state index contributed by atoms with van der Waals surface area (Å²) < 4.78 is 0. The Kier molecular flexibility index (Phi) is 3.80. The average Bonchev–Trinajstić information content (AvgIpc) is 3.03. The van der Waals surface area contributed by atoms with E-state index in [0.717, 1.165) is 42.6 Å². The molecule has 0 spiro atoms. The Bertz CT molecular complexity index is 850. The van der Waals surface area contributed by atoms with Crippen molar-refractivity contribution in [2.75, 3.05) is 0 Å². The smallest absolute Gasteiger partial charge is 0.158 e. The van der Waals surface area contributed by atoms with Gasteiger partial charge in [0, 0.05) is 18.8 Å². The van der Waals surface area contributed by atoms with Gasteiger partial charge in [-0.1, -0.05) is 31.6 Å². The van der Waals surface area contributed by atoms with Crippen LogP contribution in [0, 0.1) is 28.6 Å². The standard InChI is InChI=1S/C25H31NO/c1-16-19-7-6-18-21-9-8-20(17-5-4-14-26-15-17)25(21,3)12-10-22(18)24(19,2)13-11-23(16)27/h4-5,8,14-15,18,21-22H,6-7,9-13H2,1-3H3/t18?,21?,22?,24-,25+/m0/s1. The van der Waals surface area contributed by atoms with Crippen LogP contribution in [0.2, 0.25) is 0 Å². The number of fused-ring (bicyclic) bond motifs is 5. The molecule has 2 nitrogen and oxygen atoms in total. The van der Waals surface area contributed by atoms with E-state index in [2.05, 4.69) is 44.0 Å². The number of carbonyl (C=O) groups excluding carboxylic acids is 1. The predicted molar refractivity (Wildman–Crippen MR) is 109 cm³/mol. The summed E-state index contributed by atoms with van der Waals surface area (Å²) in [5, 5.41) is 0. The highest BCUT2D eigenvalue weighted by Crippen LogP contribution is 2.67. The van der Waals surface area contributed by atoms with E-state index in [0.29, 0.717) is 11.2 Å². The minimum Gasteiger partial charge on any atom is -0.295 e. The Labute approximate surface area is 163 Å². The first-order valence-corrected chi connectivity index (χ1v) is 10.8. The number of carbonyl (C=O) groups is 1. The fourth-order valence-electron chi connectivity index (χ4n) is 7.52. The lowest BCUT2D eigenvalue weighted by Gasteiger charge is -2.58. The maximum atomic E-state index is 12.3. The molecule has 0 radical (unpaired) electrons. The summed E-state index contributed by atoms with van der Waals surface area (Å²) in [7, 11) is 0.